The topological polar surface area (TPSA) is 91.6 Å². The summed E-state index contributed by atoms with van der Waals surface area (Å²) in [5.41, 5.74) is 1.89. The molecule has 0 bridgehead atoms. The van der Waals surface area contributed by atoms with Crippen molar-refractivity contribution in [1.29, 1.82) is 0 Å². The molecule has 1 aliphatic heterocycles. The van der Waals surface area contributed by atoms with Crippen molar-refractivity contribution in [3.63, 3.8) is 0 Å². The van der Waals surface area contributed by atoms with Crippen LogP contribution in [-0.4, -0.2) is 57.8 Å². The minimum Gasteiger partial charge on any atom is -0.459 e. The summed E-state index contributed by atoms with van der Waals surface area (Å²) in [7, 11) is 0. The number of carbonyl (C=O) groups excluding carboxylic acids is 2. The van der Waals surface area contributed by atoms with Gasteiger partial charge in [0, 0.05) is 50.5 Å². The number of nitrogens with zero attached hydrogens (tertiary/aromatic N) is 4. The Hall–Kier alpha value is -3.04. The van der Waals surface area contributed by atoms with E-state index in [1.807, 2.05) is 17.0 Å². The van der Waals surface area contributed by atoms with Crippen molar-refractivity contribution in [3.8, 4) is 0 Å². The van der Waals surface area contributed by atoms with Gasteiger partial charge in [-0.25, -0.2) is 4.98 Å². The van der Waals surface area contributed by atoms with Crippen LogP contribution >= 0.6 is 11.3 Å². The Bertz CT molecular complexity index is 950. The van der Waals surface area contributed by atoms with Crippen molar-refractivity contribution >= 4 is 28.3 Å². The minimum absolute atomic E-state index is 0.0581. The van der Waals surface area contributed by atoms with Gasteiger partial charge in [-0.1, -0.05) is 0 Å². The lowest BCUT2D eigenvalue weighted by Crippen LogP contribution is -2.48. The summed E-state index contributed by atoms with van der Waals surface area (Å²) in [6.07, 6.45) is 5.28. The third-order valence-electron chi connectivity index (χ3n) is 4.73. The van der Waals surface area contributed by atoms with Crippen molar-refractivity contribution in [2.24, 2.45) is 0 Å². The molecule has 8 nitrogen and oxygen atoms in total. The molecule has 3 aromatic heterocycles. The van der Waals surface area contributed by atoms with Crippen LogP contribution in [0.1, 0.15) is 21.8 Å². The highest BCUT2D eigenvalue weighted by Gasteiger charge is 2.22. The molecule has 1 N–H and O–H groups in total. The summed E-state index contributed by atoms with van der Waals surface area (Å²) >= 11 is 1.30. The monoisotopic (exact) mass is 411 g/mol. The molecule has 0 aromatic carbocycles. The number of anilines is 1. The maximum atomic E-state index is 12.6. The Morgan fingerprint density at radius 1 is 1.14 bits per heavy atom. The number of pyridine rings is 1. The number of hydrogen-bond donors (Lipinski definition) is 1. The van der Waals surface area contributed by atoms with Gasteiger partial charge in [0.05, 0.1) is 18.4 Å². The van der Waals surface area contributed by atoms with Crippen LogP contribution in [0, 0.1) is 0 Å². The van der Waals surface area contributed by atoms with Gasteiger partial charge in [0.15, 0.2) is 10.9 Å². The number of aromatic nitrogens is 2. The van der Waals surface area contributed by atoms with E-state index in [0.29, 0.717) is 23.9 Å². The van der Waals surface area contributed by atoms with Crippen molar-refractivity contribution in [2.45, 2.75) is 13.0 Å². The number of amides is 2. The molecular formula is C20H21N5O3S. The van der Waals surface area contributed by atoms with E-state index >= 15 is 0 Å². The van der Waals surface area contributed by atoms with E-state index in [0.717, 1.165) is 19.6 Å². The molecule has 150 valence electrons. The summed E-state index contributed by atoms with van der Waals surface area (Å²) in [5.74, 6) is -0.0715. The average Bonchev–Trinajstić information content (AvgIpc) is 3.42. The Balaban J connectivity index is 1.25. The highest BCUT2D eigenvalue weighted by Crippen LogP contribution is 2.18. The van der Waals surface area contributed by atoms with Gasteiger partial charge in [0.25, 0.3) is 5.91 Å². The highest BCUT2D eigenvalue weighted by molar-refractivity contribution is 7.14. The molecule has 1 saturated heterocycles. The molecule has 2 amide bonds. The fourth-order valence-corrected chi connectivity index (χ4v) is 3.89. The molecule has 0 spiro atoms. The van der Waals surface area contributed by atoms with Crippen LogP contribution in [0.15, 0.2) is 52.7 Å². The average molecular weight is 411 g/mol. The lowest BCUT2D eigenvalue weighted by molar-refractivity contribution is -0.132. The second-order valence-electron chi connectivity index (χ2n) is 6.76. The van der Waals surface area contributed by atoms with Gasteiger partial charge in [0.2, 0.25) is 5.91 Å². The summed E-state index contributed by atoms with van der Waals surface area (Å²) in [4.78, 5) is 37.2. The Kier molecular flexibility index (Phi) is 5.97. The SMILES string of the molecule is O=C(Nc1nc(CC(=O)N2CCN(Cc3ccncc3)CC2)cs1)c1ccco1. The molecule has 9 heteroatoms. The normalized spacial score (nSPS) is 14.7. The molecule has 1 fully saturated rings. The lowest BCUT2D eigenvalue weighted by Gasteiger charge is -2.34. The van der Waals surface area contributed by atoms with Gasteiger partial charge in [-0.2, -0.15) is 0 Å². The Labute approximate surface area is 172 Å². The molecule has 0 atom stereocenters. The standard InChI is InChI=1S/C20H21N5O3S/c26-18(25-9-7-24(8-10-25)13-15-3-5-21-6-4-15)12-16-14-29-20(22-16)23-19(27)17-2-1-11-28-17/h1-6,11,14H,7-10,12-13H2,(H,22,23,27). The zero-order chi connectivity index (χ0) is 20.1. The predicted molar refractivity (Wildman–Crippen MR) is 109 cm³/mol. The molecule has 29 heavy (non-hydrogen) atoms. The van der Waals surface area contributed by atoms with E-state index < -0.39 is 0 Å². The minimum atomic E-state index is -0.354. The van der Waals surface area contributed by atoms with Gasteiger partial charge in [-0.05, 0) is 29.8 Å². The van der Waals surface area contributed by atoms with Crippen molar-refractivity contribution < 1.29 is 14.0 Å². The second kappa shape index (κ2) is 8.97. The molecule has 0 aliphatic carbocycles. The largest absolute Gasteiger partial charge is 0.459 e. The number of rotatable bonds is 6. The van der Waals surface area contributed by atoms with Gasteiger partial charge < -0.3 is 9.32 Å². The fraction of sp³-hybridized carbons (Fsp3) is 0.300. The second-order valence-corrected chi connectivity index (χ2v) is 7.62. The first-order chi connectivity index (χ1) is 14.2. The maximum Gasteiger partial charge on any atom is 0.293 e. The molecule has 3 aromatic rings. The van der Waals surface area contributed by atoms with Gasteiger partial charge >= 0.3 is 0 Å². The van der Waals surface area contributed by atoms with Gasteiger partial charge in [0.1, 0.15) is 0 Å². The van der Waals surface area contributed by atoms with Crippen LogP contribution in [0.2, 0.25) is 0 Å². The zero-order valence-corrected chi connectivity index (χ0v) is 16.6. The number of furan rings is 1. The van der Waals surface area contributed by atoms with Crippen LogP contribution in [0.5, 0.6) is 0 Å². The van der Waals surface area contributed by atoms with Crippen molar-refractivity contribution in [2.75, 3.05) is 31.5 Å². The predicted octanol–water partition coefficient (Wildman–Crippen LogP) is 2.27. The molecule has 1 aliphatic rings. The number of thiazole rings is 1. The van der Waals surface area contributed by atoms with E-state index in [1.54, 1.807) is 29.9 Å². The highest BCUT2D eigenvalue weighted by atomic mass is 32.1. The van der Waals surface area contributed by atoms with Gasteiger partial charge in [-0.15, -0.1) is 11.3 Å². The molecular weight excluding hydrogens is 390 g/mol. The van der Waals surface area contributed by atoms with Crippen LogP contribution in [0.3, 0.4) is 0 Å². The molecule has 0 saturated carbocycles. The number of nitrogens with one attached hydrogen (secondary N) is 1. The molecule has 0 radical (unpaired) electrons. The summed E-state index contributed by atoms with van der Waals surface area (Å²) in [6.45, 7) is 3.97. The van der Waals surface area contributed by atoms with E-state index in [-0.39, 0.29) is 24.0 Å². The van der Waals surface area contributed by atoms with Crippen molar-refractivity contribution in [3.05, 3.63) is 65.3 Å². The third kappa shape index (κ3) is 5.07. The summed E-state index contributed by atoms with van der Waals surface area (Å²) < 4.78 is 5.06. The van der Waals surface area contributed by atoms with E-state index in [1.165, 1.54) is 23.2 Å². The van der Waals surface area contributed by atoms with Crippen LogP contribution in [0.4, 0.5) is 5.13 Å². The molecule has 4 rings (SSSR count). The molecule has 4 heterocycles. The molecule has 0 unspecified atom stereocenters. The Morgan fingerprint density at radius 3 is 2.66 bits per heavy atom. The van der Waals surface area contributed by atoms with Gasteiger partial charge in [-0.3, -0.25) is 24.8 Å². The smallest absolute Gasteiger partial charge is 0.293 e. The van der Waals surface area contributed by atoms with Crippen molar-refractivity contribution in [1.82, 2.24) is 19.8 Å². The first-order valence-corrected chi connectivity index (χ1v) is 10.2. The van der Waals surface area contributed by atoms with Crippen LogP contribution < -0.4 is 5.32 Å². The Morgan fingerprint density at radius 2 is 1.93 bits per heavy atom. The third-order valence-corrected chi connectivity index (χ3v) is 5.54. The zero-order valence-electron chi connectivity index (χ0n) is 15.8. The first-order valence-electron chi connectivity index (χ1n) is 9.35. The van der Waals surface area contributed by atoms with E-state index in [9.17, 15) is 9.59 Å². The first kappa shape index (κ1) is 19.3. The van der Waals surface area contributed by atoms with E-state index in [2.05, 4.69) is 20.2 Å². The number of piperazine rings is 1. The quantitative estimate of drug-likeness (QED) is 0.669. The summed E-state index contributed by atoms with van der Waals surface area (Å²) in [5, 5.41) is 4.94. The number of carbonyl (C=O) groups is 2. The fourth-order valence-electron chi connectivity index (χ4n) is 3.18. The van der Waals surface area contributed by atoms with Crippen LogP contribution in [0.25, 0.3) is 0 Å². The number of hydrogen-bond acceptors (Lipinski definition) is 7. The van der Waals surface area contributed by atoms with E-state index in [4.69, 9.17) is 4.42 Å². The maximum absolute atomic E-state index is 12.6. The van der Waals surface area contributed by atoms with Crippen LogP contribution in [-0.2, 0) is 17.8 Å². The summed E-state index contributed by atoms with van der Waals surface area (Å²) in [6, 6.07) is 7.27. The lowest BCUT2D eigenvalue weighted by atomic mass is 10.2.